The van der Waals surface area contributed by atoms with Crippen LogP contribution in [0.15, 0.2) is 33.7 Å². The average molecular weight is 418 g/mol. The van der Waals surface area contributed by atoms with Crippen molar-refractivity contribution in [2.75, 3.05) is 20.1 Å². The average Bonchev–Trinajstić information content (AvgIpc) is 3.30. The Hall–Kier alpha value is -2.19. The van der Waals surface area contributed by atoms with Gasteiger partial charge in [-0.3, -0.25) is 4.79 Å². The molecule has 1 fully saturated rings. The maximum atomic E-state index is 13.1. The van der Waals surface area contributed by atoms with Crippen LogP contribution in [0.25, 0.3) is 0 Å². The molecule has 1 atom stereocenters. The summed E-state index contributed by atoms with van der Waals surface area (Å²) in [6, 6.07) is 8.41. The van der Waals surface area contributed by atoms with E-state index in [0.29, 0.717) is 37.4 Å². The molecular formula is C21H27N3O4S. The van der Waals surface area contributed by atoms with E-state index in [1.165, 1.54) is 15.4 Å². The first-order valence-corrected chi connectivity index (χ1v) is 11.5. The van der Waals surface area contributed by atoms with Crippen molar-refractivity contribution in [2.24, 2.45) is 5.92 Å². The number of fused-ring (bicyclic) bond motifs is 1. The number of sulfonamides is 1. The van der Waals surface area contributed by atoms with Crippen LogP contribution < -0.4 is 0 Å². The van der Waals surface area contributed by atoms with Gasteiger partial charge in [-0.1, -0.05) is 29.4 Å². The molecule has 0 saturated carbocycles. The lowest BCUT2D eigenvalue weighted by molar-refractivity contribution is -0.137. The van der Waals surface area contributed by atoms with E-state index in [-0.39, 0.29) is 22.8 Å². The number of aromatic nitrogens is 1. The number of hydrogen-bond donors (Lipinski definition) is 0. The minimum Gasteiger partial charge on any atom is -0.360 e. The van der Waals surface area contributed by atoms with E-state index < -0.39 is 10.0 Å². The van der Waals surface area contributed by atoms with Crippen LogP contribution in [0, 0.1) is 19.8 Å². The van der Waals surface area contributed by atoms with Crippen LogP contribution in [-0.4, -0.2) is 48.8 Å². The highest BCUT2D eigenvalue weighted by Gasteiger charge is 2.38. The van der Waals surface area contributed by atoms with E-state index in [0.717, 1.165) is 12.8 Å². The first kappa shape index (κ1) is 20.1. The molecule has 0 spiro atoms. The fraction of sp³-hybridized carbons (Fsp3) is 0.524. The van der Waals surface area contributed by atoms with Gasteiger partial charge in [0.25, 0.3) is 0 Å². The number of carbonyl (C=O) groups is 1. The van der Waals surface area contributed by atoms with Crippen LogP contribution in [-0.2, 0) is 21.2 Å². The molecule has 2 aliphatic rings. The Labute approximate surface area is 171 Å². The molecule has 0 N–H and O–H groups in total. The van der Waals surface area contributed by atoms with Crippen molar-refractivity contribution in [3.63, 3.8) is 0 Å². The SMILES string of the molecule is Cc1noc(C)c1S(=O)(=O)N1CCC(C(=O)N(C)[C@H]2CCc3ccccc32)CC1. The maximum Gasteiger partial charge on any atom is 0.248 e. The van der Waals surface area contributed by atoms with Crippen LogP contribution in [0.3, 0.4) is 0 Å². The molecule has 1 aliphatic carbocycles. The van der Waals surface area contributed by atoms with Crippen LogP contribution >= 0.6 is 0 Å². The van der Waals surface area contributed by atoms with Crippen molar-refractivity contribution < 1.29 is 17.7 Å². The molecule has 2 aromatic rings. The van der Waals surface area contributed by atoms with Gasteiger partial charge in [0.1, 0.15) is 10.6 Å². The molecule has 0 unspecified atom stereocenters. The highest BCUT2D eigenvalue weighted by Crippen LogP contribution is 2.36. The first-order chi connectivity index (χ1) is 13.8. The Morgan fingerprint density at radius 2 is 1.86 bits per heavy atom. The maximum absolute atomic E-state index is 13.1. The van der Waals surface area contributed by atoms with Crippen molar-refractivity contribution in [3.05, 3.63) is 46.8 Å². The van der Waals surface area contributed by atoms with Crippen molar-refractivity contribution in [3.8, 4) is 0 Å². The van der Waals surface area contributed by atoms with E-state index in [1.807, 2.05) is 24.1 Å². The summed E-state index contributed by atoms with van der Waals surface area (Å²) in [6.45, 7) is 3.90. The molecule has 4 rings (SSSR count). The molecule has 1 aromatic carbocycles. The second-order valence-corrected chi connectivity index (χ2v) is 9.91. The predicted octanol–water partition coefficient (Wildman–Crippen LogP) is 2.84. The summed E-state index contributed by atoms with van der Waals surface area (Å²) in [7, 11) is -1.78. The molecule has 29 heavy (non-hydrogen) atoms. The van der Waals surface area contributed by atoms with E-state index in [2.05, 4.69) is 17.3 Å². The summed E-state index contributed by atoms with van der Waals surface area (Å²) in [5, 5.41) is 3.76. The number of benzene rings is 1. The predicted molar refractivity (Wildman–Crippen MR) is 108 cm³/mol. The largest absolute Gasteiger partial charge is 0.360 e. The van der Waals surface area contributed by atoms with Gasteiger partial charge < -0.3 is 9.42 Å². The summed E-state index contributed by atoms with van der Waals surface area (Å²) in [5.74, 6) is 0.269. The summed E-state index contributed by atoms with van der Waals surface area (Å²) in [6.07, 6.45) is 2.99. The molecule has 7 nitrogen and oxygen atoms in total. The normalized spacial score (nSPS) is 20.6. The van der Waals surface area contributed by atoms with Gasteiger partial charge in [0.2, 0.25) is 15.9 Å². The third-order valence-corrected chi connectivity index (χ3v) is 8.43. The third-order valence-electron chi connectivity index (χ3n) is 6.29. The Bertz CT molecular complexity index is 1000. The second-order valence-electron chi connectivity index (χ2n) is 8.03. The molecule has 1 aliphatic heterocycles. The van der Waals surface area contributed by atoms with E-state index in [4.69, 9.17) is 4.52 Å². The lowest BCUT2D eigenvalue weighted by Gasteiger charge is -2.34. The second kappa shape index (κ2) is 7.57. The number of nitrogens with zero attached hydrogens (tertiary/aromatic N) is 3. The Balaban J connectivity index is 1.43. The van der Waals surface area contributed by atoms with Crippen LogP contribution in [0.5, 0.6) is 0 Å². The molecule has 2 heterocycles. The molecule has 0 bridgehead atoms. The van der Waals surface area contributed by atoms with Gasteiger partial charge in [-0.15, -0.1) is 0 Å². The summed E-state index contributed by atoms with van der Waals surface area (Å²) >= 11 is 0. The number of piperidine rings is 1. The summed E-state index contributed by atoms with van der Waals surface area (Å²) in [5.41, 5.74) is 2.93. The number of amides is 1. The smallest absolute Gasteiger partial charge is 0.248 e. The monoisotopic (exact) mass is 417 g/mol. The van der Waals surface area contributed by atoms with Gasteiger partial charge in [-0.05, 0) is 50.7 Å². The third kappa shape index (κ3) is 3.48. The molecular weight excluding hydrogens is 390 g/mol. The zero-order valence-corrected chi connectivity index (χ0v) is 17.9. The van der Waals surface area contributed by atoms with E-state index in [1.54, 1.807) is 13.8 Å². The Morgan fingerprint density at radius 1 is 1.17 bits per heavy atom. The molecule has 8 heteroatoms. The quantitative estimate of drug-likeness (QED) is 0.764. The van der Waals surface area contributed by atoms with Crippen molar-refractivity contribution in [1.29, 1.82) is 0 Å². The number of carbonyl (C=O) groups excluding carboxylic acids is 1. The Morgan fingerprint density at radius 3 is 2.52 bits per heavy atom. The van der Waals surface area contributed by atoms with Gasteiger partial charge in [-0.25, -0.2) is 8.42 Å². The topological polar surface area (TPSA) is 83.7 Å². The first-order valence-electron chi connectivity index (χ1n) is 10.1. The van der Waals surface area contributed by atoms with Crippen molar-refractivity contribution in [2.45, 2.75) is 50.5 Å². The van der Waals surface area contributed by atoms with Crippen LogP contribution in [0.2, 0.25) is 0 Å². The fourth-order valence-electron chi connectivity index (χ4n) is 4.69. The minimum absolute atomic E-state index is 0.112. The fourth-order valence-corrected chi connectivity index (χ4v) is 6.45. The number of aryl methyl sites for hydroxylation is 3. The van der Waals surface area contributed by atoms with Gasteiger partial charge in [0, 0.05) is 26.1 Å². The number of rotatable bonds is 4. The molecule has 1 saturated heterocycles. The van der Waals surface area contributed by atoms with Gasteiger partial charge in [0.05, 0.1) is 6.04 Å². The molecule has 1 aromatic heterocycles. The van der Waals surface area contributed by atoms with E-state index >= 15 is 0 Å². The molecule has 0 radical (unpaired) electrons. The summed E-state index contributed by atoms with van der Waals surface area (Å²) < 4.78 is 32.4. The standard InChI is InChI=1S/C21H27N3O4S/c1-14-20(15(2)28-22-14)29(26,27)24-12-10-17(11-13-24)21(25)23(3)19-9-8-16-6-4-5-7-18(16)19/h4-7,17,19H,8-13H2,1-3H3/t19-/m0/s1. The lowest BCUT2D eigenvalue weighted by Crippen LogP contribution is -2.44. The zero-order valence-electron chi connectivity index (χ0n) is 17.1. The van der Waals surface area contributed by atoms with Gasteiger partial charge in [-0.2, -0.15) is 4.31 Å². The highest BCUT2D eigenvalue weighted by molar-refractivity contribution is 7.89. The lowest BCUT2D eigenvalue weighted by atomic mass is 9.95. The van der Waals surface area contributed by atoms with Crippen LogP contribution in [0.1, 0.15) is 47.9 Å². The molecule has 156 valence electrons. The highest BCUT2D eigenvalue weighted by atomic mass is 32.2. The summed E-state index contributed by atoms with van der Waals surface area (Å²) in [4.78, 5) is 15.1. The van der Waals surface area contributed by atoms with E-state index in [9.17, 15) is 13.2 Å². The minimum atomic E-state index is -3.65. The number of hydrogen-bond acceptors (Lipinski definition) is 5. The van der Waals surface area contributed by atoms with Crippen LogP contribution in [0.4, 0.5) is 0 Å². The Kier molecular flexibility index (Phi) is 5.25. The zero-order chi connectivity index (χ0) is 20.8. The van der Waals surface area contributed by atoms with Crippen molar-refractivity contribution in [1.82, 2.24) is 14.4 Å². The van der Waals surface area contributed by atoms with Crippen molar-refractivity contribution >= 4 is 15.9 Å². The molecule has 1 amide bonds. The van der Waals surface area contributed by atoms with Gasteiger partial charge >= 0.3 is 0 Å². The van der Waals surface area contributed by atoms with Gasteiger partial charge in [0.15, 0.2) is 5.76 Å².